The summed E-state index contributed by atoms with van der Waals surface area (Å²) in [5.74, 6) is 0. The number of likely N-dealkylation sites (N-methyl/N-ethyl adjacent to an activating group) is 1. The summed E-state index contributed by atoms with van der Waals surface area (Å²) in [6, 6.07) is 10.7. The zero-order valence-electron chi connectivity index (χ0n) is 13.0. The summed E-state index contributed by atoms with van der Waals surface area (Å²) in [6.07, 6.45) is 5.43. The fourth-order valence-electron chi connectivity index (χ4n) is 3.83. The van der Waals surface area contributed by atoms with Crippen LogP contribution in [0.2, 0.25) is 0 Å². The number of rotatable bonds is 3. The minimum absolute atomic E-state index is 0.00425. The van der Waals surface area contributed by atoms with Crippen molar-refractivity contribution < 1.29 is 4.79 Å². The molecule has 21 heavy (non-hydrogen) atoms. The van der Waals surface area contributed by atoms with E-state index in [0.717, 1.165) is 38.6 Å². The van der Waals surface area contributed by atoms with Crippen molar-refractivity contribution in [2.45, 2.75) is 43.2 Å². The van der Waals surface area contributed by atoms with E-state index in [9.17, 15) is 4.79 Å². The van der Waals surface area contributed by atoms with Crippen LogP contribution in [0.25, 0.3) is 0 Å². The fraction of sp³-hybridized carbons (Fsp3) is 0.588. The van der Waals surface area contributed by atoms with Crippen molar-refractivity contribution in [3.63, 3.8) is 0 Å². The predicted octanol–water partition coefficient (Wildman–Crippen LogP) is 2.16. The normalized spacial score (nSPS) is 32.2. The SMILES string of the molecule is CN(C)[C@]1(Cc2ccccc2)CC[C@]2(CC1)CNC(=O)N2. The number of carbonyl (C=O) groups excluding carboxylic acids is 1. The highest BCUT2D eigenvalue weighted by Gasteiger charge is 2.46. The number of hydrogen-bond donors (Lipinski definition) is 2. The van der Waals surface area contributed by atoms with E-state index in [1.54, 1.807) is 0 Å². The molecule has 4 nitrogen and oxygen atoms in total. The Balaban J connectivity index is 1.74. The number of carbonyl (C=O) groups is 1. The quantitative estimate of drug-likeness (QED) is 0.895. The van der Waals surface area contributed by atoms with Crippen LogP contribution >= 0.6 is 0 Å². The summed E-state index contributed by atoms with van der Waals surface area (Å²) >= 11 is 0. The second kappa shape index (κ2) is 5.34. The van der Waals surface area contributed by atoms with Crippen LogP contribution in [-0.2, 0) is 6.42 Å². The Morgan fingerprint density at radius 1 is 1.10 bits per heavy atom. The van der Waals surface area contributed by atoms with Crippen molar-refractivity contribution >= 4 is 6.03 Å². The zero-order chi connectivity index (χ0) is 14.9. The van der Waals surface area contributed by atoms with Gasteiger partial charge in [-0.15, -0.1) is 0 Å². The summed E-state index contributed by atoms with van der Waals surface area (Å²) in [7, 11) is 4.37. The first-order valence-electron chi connectivity index (χ1n) is 7.81. The molecule has 3 rings (SSSR count). The maximum Gasteiger partial charge on any atom is 0.315 e. The third-order valence-corrected chi connectivity index (χ3v) is 5.43. The molecule has 4 heteroatoms. The molecular formula is C17H25N3O. The smallest absolute Gasteiger partial charge is 0.315 e. The first kappa shape index (κ1) is 14.4. The minimum Gasteiger partial charge on any atom is -0.336 e. The lowest BCUT2D eigenvalue weighted by molar-refractivity contribution is 0.0675. The van der Waals surface area contributed by atoms with Gasteiger partial charge in [0.05, 0.1) is 5.54 Å². The van der Waals surface area contributed by atoms with Gasteiger partial charge in [0.25, 0.3) is 0 Å². The number of nitrogens with one attached hydrogen (secondary N) is 2. The summed E-state index contributed by atoms with van der Waals surface area (Å²) < 4.78 is 0. The molecule has 2 N–H and O–H groups in total. The molecule has 0 atom stereocenters. The van der Waals surface area contributed by atoms with E-state index in [1.165, 1.54) is 5.56 Å². The fourth-order valence-corrected chi connectivity index (χ4v) is 3.83. The summed E-state index contributed by atoms with van der Waals surface area (Å²) in [5, 5.41) is 6.06. The van der Waals surface area contributed by atoms with E-state index >= 15 is 0 Å². The molecule has 1 aromatic carbocycles. The van der Waals surface area contributed by atoms with E-state index in [-0.39, 0.29) is 17.1 Å². The van der Waals surface area contributed by atoms with Crippen LogP contribution in [0.4, 0.5) is 4.79 Å². The van der Waals surface area contributed by atoms with Crippen molar-refractivity contribution in [3.05, 3.63) is 35.9 Å². The van der Waals surface area contributed by atoms with E-state index in [0.29, 0.717) is 0 Å². The monoisotopic (exact) mass is 287 g/mol. The van der Waals surface area contributed by atoms with Crippen LogP contribution in [0, 0.1) is 0 Å². The topological polar surface area (TPSA) is 44.4 Å². The van der Waals surface area contributed by atoms with Gasteiger partial charge in [0, 0.05) is 12.1 Å². The molecule has 1 spiro atoms. The van der Waals surface area contributed by atoms with Gasteiger partial charge in [0.1, 0.15) is 0 Å². The maximum atomic E-state index is 11.5. The number of nitrogens with zero attached hydrogens (tertiary/aromatic N) is 1. The lowest BCUT2D eigenvalue weighted by atomic mass is 9.69. The van der Waals surface area contributed by atoms with Gasteiger partial charge < -0.3 is 15.5 Å². The molecule has 2 aliphatic rings. The lowest BCUT2D eigenvalue weighted by Crippen LogP contribution is -2.56. The van der Waals surface area contributed by atoms with Crippen LogP contribution in [0.5, 0.6) is 0 Å². The molecule has 1 aliphatic carbocycles. The van der Waals surface area contributed by atoms with E-state index in [2.05, 4.69) is 60.0 Å². The zero-order valence-corrected chi connectivity index (χ0v) is 13.0. The molecular weight excluding hydrogens is 262 g/mol. The standard InChI is InChI=1S/C17H25N3O/c1-20(2)17(12-14-6-4-3-5-7-14)10-8-16(9-11-17)13-18-15(21)19-16/h3-7H,8-13H2,1-2H3,(H2,18,19,21)/t16-,17+. The predicted molar refractivity (Wildman–Crippen MR) is 84.3 cm³/mol. The average Bonchev–Trinajstić information content (AvgIpc) is 2.84. The Morgan fingerprint density at radius 3 is 2.29 bits per heavy atom. The molecule has 1 aromatic rings. The van der Waals surface area contributed by atoms with Gasteiger partial charge in [-0.3, -0.25) is 0 Å². The van der Waals surface area contributed by atoms with Crippen LogP contribution in [-0.4, -0.2) is 42.6 Å². The number of urea groups is 1. The first-order chi connectivity index (χ1) is 10.0. The number of amides is 2. The van der Waals surface area contributed by atoms with Gasteiger partial charge in [-0.25, -0.2) is 4.79 Å². The molecule has 1 heterocycles. The Bertz CT molecular complexity index is 504. The third-order valence-electron chi connectivity index (χ3n) is 5.43. The van der Waals surface area contributed by atoms with Crippen LogP contribution in [0.3, 0.4) is 0 Å². The van der Waals surface area contributed by atoms with Gasteiger partial charge in [-0.05, 0) is 51.8 Å². The largest absolute Gasteiger partial charge is 0.336 e. The van der Waals surface area contributed by atoms with Gasteiger partial charge in [-0.2, -0.15) is 0 Å². The van der Waals surface area contributed by atoms with E-state index < -0.39 is 0 Å². The van der Waals surface area contributed by atoms with E-state index in [4.69, 9.17) is 0 Å². The van der Waals surface area contributed by atoms with Crippen LogP contribution in [0.1, 0.15) is 31.2 Å². The molecule has 0 radical (unpaired) electrons. The highest BCUT2D eigenvalue weighted by Crippen LogP contribution is 2.40. The lowest BCUT2D eigenvalue weighted by Gasteiger charge is -2.48. The summed E-state index contributed by atoms with van der Waals surface area (Å²) in [6.45, 7) is 0.778. The Labute approximate surface area is 126 Å². The molecule has 1 saturated carbocycles. The summed E-state index contributed by atoms with van der Waals surface area (Å²) in [5.41, 5.74) is 1.60. The Kier molecular flexibility index (Phi) is 3.66. The molecule has 1 aliphatic heterocycles. The van der Waals surface area contributed by atoms with Crippen LogP contribution in [0.15, 0.2) is 30.3 Å². The van der Waals surface area contributed by atoms with Crippen molar-refractivity contribution in [1.29, 1.82) is 0 Å². The Hall–Kier alpha value is -1.55. The first-order valence-corrected chi connectivity index (χ1v) is 7.81. The molecule has 2 fully saturated rings. The van der Waals surface area contributed by atoms with E-state index in [1.807, 2.05) is 0 Å². The van der Waals surface area contributed by atoms with Crippen LogP contribution < -0.4 is 10.6 Å². The molecule has 2 amide bonds. The third kappa shape index (κ3) is 2.77. The van der Waals surface area contributed by atoms with Crippen molar-refractivity contribution in [2.24, 2.45) is 0 Å². The number of benzene rings is 1. The van der Waals surface area contributed by atoms with Gasteiger partial charge >= 0.3 is 6.03 Å². The molecule has 0 unspecified atom stereocenters. The van der Waals surface area contributed by atoms with Gasteiger partial charge in [0.2, 0.25) is 0 Å². The minimum atomic E-state index is -0.00667. The van der Waals surface area contributed by atoms with Crippen molar-refractivity contribution in [3.8, 4) is 0 Å². The summed E-state index contributed by atoms with van der Waals surface area (Å²) in [4.78, 5) is 13.9. The molecule has 0 aromatic heterocycles. The Morgan fingerprint density at radius 2 is 1.76 bits per heavy atom. The molecule has 1 saturated heterocycles. The molecule has 114 valence electrons. The maximum absolute atomic E-state index is 11.5. The highest BCUT2D eigenvalue weighted by molar-refractivity contribution is 5.77. The second-order valence-electron chi connectivity index (χ2n) is 6.87. The highest BCUT2D eigenvalue weighted by atomic mass is 16.2. The van der Waals surface area contributed by atoms with Crippen molar-refractivity contribution in [1.82, 2.24) is 15.5 Å². The van der Waals surface area contributed by atoms with Crippen molar-refractivity contribution in [2.75, 3.05) is 20.6 Å². The van der Waals surface area contributed by atoms with Gasteiger partial charge in [-0.1, -0.05) is 30.3 Å². The molecule has 0 bridgehead atoms. The average molecular weight is 287 g/mol. The second-order valence-corrected chi connectivity index (χ2v) is 6.87. The van der Waals surface area contributed by atoms with Gasteiger partial charge in [0.15, 0.2) is 0 Å². The number of hydrogen-bond acceptors (Lipinski definition) is 2.